The van der Waals surface area contributed by atoms with E-state index in [1.54, 1.807) is 30.3 Å². The van der Waals surface area contributed by atoms with E-state index in [2.05, 4.69) is 22.3 Å². The molecule has 37 heavy (non-hydrogen) atoms. The molecule has 196 valence electrons. The molecule has 1 N–H and O–H groups in total. The van der Waals surface area contributed by atoms with Crippen LogP contribution in [0.25, 0.3) is 0 Å². The van der Waals surface area contributed by atoms with Gasteiger partial charge in [-0.3, -0.25) is 9.10 Å². The zero-order valence-corrected chi connectivity index (χ0v) is 23.0. The molecule has 4 rings (SSSR count). The molecule has 0 aliphatic carbocycles. The monoisotopic (exact) mass is 519 g/mol. The lowest BCUT2D eigenvalue weighted by Gasteiger charge is -2.29. The first kappa shape index (κ1) is 26.7. The molecule has 1 saturated heterocycles. The average Bonchev–Trinajstić information content (AvgIpc) is 2.90. The van der Waals surface area contributed by atoms with Crippen molar-refractivity contribution in [2.24, 2.45) is 0 Å². The normalized spacial score (nSPS) is 14.8. The number of carbonyl (C=O) groups is 1. The largest absolute Gasteiger partial charge is 0.372 e. The van der Waals surface area contributed by atoms with Crippen LogP contribution in [0.5, 0.6) is 0 Å². The Morgan fingerprint density at radius 2 is 1.57 bits per heavy atom. The van der Waals surface area contributed by atoms with E-state index < -0.39 is 10.0 Å². The SMILES string of the molecule is Cc1ccc(S(=O)(=O)N(CC(=O)NC(C)c2ccc(N3CCCCC3)cc2)c2cccc(C)c2C)cc1. The number of hydrogen-bond acceptors (Lipinski definition) is 4. The third-order valence-corrected chi connectivity index (χ3v) is 9.01. The number of nitrogens with zero attached hydrogens (tertiary/aromatic N) is 2. The molecule has 1 atom stereocenters. The van der Waals surface area contributed by atoms with Crippen LogP contribution in [-0.2, 0) is 14.8 Å². The van der Waals surface area contributed by atoms with Crippen LogP contribution < -0.4 is 14.5 Å². The van der Waals surface area contributed by atoms with Gasteiger partial charge in [0.1, 0.15) is 6.54 Å². The van der Waals surface area contributed by atoms with Gasteiger partial charge in [0.05, 0.1) is 16.6 Å². The molecular weight excluding hydrogens is 482 g/mol. The summed E-state index contributed by atoms with van der Waals surface area (Å²) in [6, 6.07) is 20.3. The Morgan fingerprint density at radius 3 is 2.22 bits per heavy atom. The molecule has 0 aromatic heterocycles. The number of sulfonamides is 1. The predicted octanol–water partition coefficient (Wildman–Crippen LogP) is 5.67. The van der Waals surface area contributed by atoms with E-state index in [1.807, 2.05) is 52.0 Å². The fourth-order valence-corrected chi connectivity index (χ4v) is 6.25. The van der Waals surface area contributed by atoms with Crippen LogP contribution in [0.15, 0.2) is 71.6 Å². The molecule has 0 saturated carbocycles. The van der Waals surface area contributed by atoms with Crippen molar-refractivity contribution >= 4 is 27.3 Å². The number of hydrogen-bond donors (Lipinski definition) is 1. The van der Waals surface area contributed by atoms with E-state index in [9.17, 15) is 13.2 Å². The minimum absolute atomic E-state index is 0.160. The Hall–Kier alpha value is -3.32. The van der Waals surface area contributed by atoms with E-state index in [-0.39, 0.29) is 23.4 Å². The maximum atomic E-state index is 13.7. The second-order valence-corrected chi connectivity index (χ2v) is 11.8. The van der Waals surface area contributed by atoms with Crippen molar-refractivity contribution in [1.82, 2.24) is 5.32 Å². The first-order chi connectivity index (χ1) is 17.7. The molecule has 0 bridgehead atoms. The lowest BCUT2D eigenvalue weighted by molar-refractivity contribution is -0.120. The third kappa shape index (κ3) is 6.16. The van der Waals surface area contributed by atoms with Crippen LogP contribution in [0.2, 0.25) is 0 Å². The second-order valence-electron chi connectivity index (χ2n) is 9.97. The van der Waals surface area contributed by atoms with Crippen LogP contribution in [0.1, 0.15) is 54.5 Å². The van der Waals surface area contributed by atoms with Crippen molar-refractivity contribution in [1.29, 1.82) is 0 Å². The lowest BCUT2D eigenvalue weighted by atomic mass is 10.1. The minimum atomic E-state index is -3.96. The van der Waals surface area contributed by atoms with E-state index in [4.69, 9.17) is 0 Å². The topological polar surface area (TPSA) is 69.7 Å². The Bertz CT molecular complexity index is 1330. The van der Waals surface area contributed by atoms with E-state index in [0.717, 1.165) is 35.3 Å². The number of amides is 1. The summed E-state index contributed by atoms with van der Waals surface area (Å²) in [6.45, 7) is 9.50. The lowest BCUT2D eigenvalue weighted by Crippen LogP contribution is -2.42. The Balaban J connectivity index is 1.54. The summed E-state index contributed by atoms with van der Waals surface area (Å²) in [5, 5.41) is 3.00. The van der Waals surface area contributed by atoms with Gasteiger partial charge in [0.2, 0.25) is 5.91 Å². The molecule has 6 nitrogen and oxygen atoms in total. The first-order valence-corrected chi connectivity index (χ1v) is 14.4. The molecule has 0 radical (unpaired) electrons. The fraction of sp³-hybridized carbons (Fsp3) is 0.367. The van der Waals surface area contributed by atoms with Crippen LogP contribution in [-0.4, -0.2) is 34.0 Å². The van der Waals surface area contributed by atoms with Crippen molar-refractivity contribution < 1.29 is 13.2 Å². The smallest absolute Gasteiger partial charge is 0.264 e. The van der Waals surface area contributed by atoms with Gasteiger partial charge < -0.3 is 10.2 Å². The van der Waals surface area contributed by atoms with Gasteiger partial charge in [-0.1, -0.05) is 42.0 Å². The molecule has 1 heterocycles. The second kappa shape index (κ2) is 11.4. The minimum Gasteiger partial charge on any atom is -0.372 e. The van der Waals surface area contributed by atoms with E-state index in [1.165, 1.54) is 29.3 Å². The third-order valence-electron chi connectivity index (χ3n) is 7.23. The highest BCUT2D eigenvalue weighted by Crippen LogP contribution is 2.29. The molecule has 1 aliphatic heterocycles. The molecule has 7 heteroatoms. The van der Waals surface area contributed by atoms with Crippen molar-refractivity contribution in [3.05, 3.63) is 89.0 Å². The van der Waals surface area contributed by atoms with Gasteiger partial charge in [-0.2, -0.15) is 0 Å². The summed E-state index contributed by atoms with van der Waals surface area (Å²) in [6.07, 6.45) is 3.73. The zero-order valence-electron chi connectivity index (χ0n) is 22.2. The van der Waals surface area contributed by atoms with Gasteiger partial charge in [0, 0.05) is 18.8 Å². The summed E-state index contributed by atoms with van der Waals surface area (Å²) < 4.78 is 28.7. The quantitative estimate of drug-likeness (QED) is 0.416. The van der Waals surface area contributed by atoms with Gasteiger partial charge in [-0.15, -0.1) is 0 Å². The molecule has 3 aromatic carbocycles. The number of benzene rings is 3. The number of carbonyl (C=O) groups excluding carboxylic acids is 1. The summed E-state index contributed by atoms with van der Waals surface area (Å²) in [7, 11) is -3.96. The molecule has 3 aromatic rings. The highest BCUT2D eigenvalue weighted by molar-refractivity contribution is 7.92. The fourth-order valence-electron chi connectivity index (χ4n) is 4.77. The standard InChI is InChI=1S/C30H37N3O3S/c1-22-11-17-28(18-12-22)37(35,36)33(29-10-8-9-23(2)24(29)3)21-30(34)31-25(4)26-13-15-27(16-14-26)32-19-6-5-7-20-32/h8-18,25H,5-7,19-21H2,1-4H3,(H,31,34). The molecule has 1 aliphatic rings. The first-order valence-electron chi connectivity index (χ1n) is 13.0. The van der Waals surface area contributed by atoms with E-state index in [0.29, 0.717) is 5.69 Å². The number of nitrogens with one attached hydrogen (secondary N) is 1. The molecular formula is C30H37N3O3S. The van der Waals surface area contributed by atoms with Crippen molar-refractivity contribution in [2.75, 3.05) is 28.8 Å². The Kier molecular flexibility index (Phi) is 8.22. The molecule has 1 fully saturated rings. The maximum absolute atomic E-state index is 13.7. The molecule has 1 unspecified atom stereocenters. The number of rotatable bonds is 8. The number of piperidine rings is 1. The summed E-state index contributed by atoms with van der Waals surface area (Å²) in [5.74, 6) is -0.357. The zero-order chi connectivity index (χ0) is 26.6. The highest BCUT2D eigenvalue weighted by Gasteiger charge is 2.29. The van der Waals surface area contributed by atoms with Crippen LogP contribution in [0.3, 0.4) is 0 Å². The van der Waals surface area contributed by atoms with Crippen LogP contribution >= 0.6 is 0 Å². The number of anilines is 2. The average molecular weight is 520 g/mol. The highest BCUT2D eigenvalue weighted by atomic mass is 32.2. The molecule has 0 spiro atoms. The molecule has 1 amide bonds. The van der Waals surface area contributed by atoms with Crippen molar-refractivity contribution in [2.45, 2.75) is 57.9 Å². The maximum Gasteiger partial charge on any atom is 0.264 e. The summed E-state index contributed by atoms with van der Waals surface area (Å²) in [4.78, 5) is 15.8. The number of aryl methyl sites for hydroxylation is 2. The van der Waals surface area contributed by atoms with Gasteiger partial charge in [-0.05, 0) is 94.0 Å². The van der Waals surface area contributed by atoms with Crippen LogP contribution in [0.4, 0.5) is 11.4 Å². The van der Waals surface area contributed by atoms with Gasteiger partial charge in [0.15, 0.2) is 0 Å². The predicted molar refractivity (Wildman–Crippen MR) is 151 cm³/mol. The van der Waals surface area contributed by atoms with Gasteiger partial charge in [-0.25, -0.2) is 8.42 Å². The van der Waals surface area contributed by atoms with E-state index >= 15 is 0 Å². The Morgan fingerprint density at radius 1 is 0.919 bits per heavy atom. The summed E-state index contributed by atoms with van der Waals surface area (Å²) in [5.41, 5.74) is 5.45. The summed E-state index contributed by atoms with van der Waals surface area (Å²) >= 11 is 0. The van der Waals surface area contributed by atoms with Gasteiger partial charge >= 0.3 is 0 Å². The van der Waals surface area contributed by atoms with Crippen molar-refractivity contribution in [3.63, 3.8) is 0 Å². The van der Waals surface area contributed by atoms with Crippen LogP contribution in [0, 0.1) is 20.8 Å². The van der Waals surface area contributed by atoms with Gasteiger partial charge in [0.25, 0.3) is 10.0 Å². The van der Waals surface area contributed by atoms with Crippen molar-refractivity contribution in [3.8, 4) is 0 Å². The Labute approximate surface area is 221 Å².